The fourth-order valence-electron chi connectivity index (χ4n) is 1.53. The molecular formula is C13H12FN2O+. The number of benzene rings is 1. The zero-order valence-corrected chi connectivity index (χ0v) is 9.21. The maximum atomic E-state index is 12.4. The van der Waals surface area contributed by atoms with E-state index in [0.29, 0.717) is 11.3 Å². The third-order valence-electron chi connectivity index (χ3n) is 2.37. The van der Waals surface area contributed by atoms with Crippen LogP contribution in [0.5, 0.6) is 0 Å². The molecule has 0 unspecified atom stereocenters. The Morgan fingerprint density at radius 3 is 2.76 bits per heavy atom. The van der Waals surface area contributed by atoms with E-state index in [1.807, 2.05) is 18.2 Å². The van der Waals surface area contributed by atoms with E-state index >= 15 is 0 Å². The van der Waals surface area contributed by atoms with Gasteiger partial charge in [0.25, 0.3) is 0 Å². The van der Waals surface area contributed by atoms with Gasteiger partial charge in [0.05, 0.1) is 6.20 Å². The average Bonchev–Trinajstić information content (AvgIpc) is 2.40. The van der Waals surface area contributed by atoms with Gasteiger partial charge < -0.3 is 0 Å². The summed E-state index contributed by atoms with van der Waals surface area (Å²) in [5, 5.41) is 0. The second-order valence-corrected chi connectivity index (χ2v) is 3.64. The molecule has 0 spiro atoms. The molecule has 0 aliphatic heterocycles. The fourth-order valence-corrected chi connectivity index (χ4v) is 1.53. The Morgan fingerprint density at radius 2 is 2.06 bits per heavy atom. The quantitative estimate of drug-likeness (QED) is 0.593. The van der Waals surface area contributed by atoms with Crippen LogP contribution in [0.3, 0.4) is 0 Å². The SMILES string of the molecule is O=C(C[n+]1ccnc(CF)c1)c1ccccc1. The Hall–Kier alpha value is -2.10. The summed E-state index contributed by atoms with van der Waals surface area (Å²) in [6.45, 7) is -0.431. The van der Waals surface area contributed by atoms with Crippen molar-refractivity contribution in [3.05, 3.63) is 60.2 Å². The lowest BCUT2D eigenvalue weighted by Gasteiger charge is -1.98. The number of rotatable bonds is 4. The van der Waals surface area contributed by atoms with Gasteiger partial charge in [0.2, 0.25) is 12.3 Å². The molecule has 1 heterocycles. The second-order valence-electron chi connectivity index (χ2n) is 3.64. The van der Waals surface area contributed by atoms with Gasteiger partial charge in [-0.2, -0.15) is 4.57 Å². The van der Waals surface area contributed by atoms with E-state index in [0.717, 1.165) is 0 Å². The van der Waals surface area contributed by atoms with Gasteiger partial charge in [0.1, 0.15) is 12.4 Å². The molecule has 0 bridgehead atoms. The minimum Gasteiger partial charge on any atom is -0.287 e. The standard InChI is InChI=1S/C13H12FN2O/c14-8-12-9-16(7-6-15-12)10-13(17)11-4-2-1-3-5-11/h1-7,9H,8,10H2/q+1. The number of hydrogen-bond donors (Lipinski definition) is 0. The lowest BCUT2D eigenvalue weighted by Crippen LogP contribution is -2.38. The summed E-state index contributed by atoms with van der Waals surface area (Å²) < 4.78 is 14.0. The second kappa shape index (κ2) is 5.30. The number of halogens is 1. The van der Waals surface area contributed by atoms with E-state index in [2.05, 4.69) is 4.98 Å². The molecule has 0 aliphatic rings. The molecule has 4 heteroatoms. The van der Waals surface area contributed by atoms with Crippen molar-refractivity contribution in [2.45, 2.75) is 13.2 Å². The Kier molecular flexibility index (Phi) is 3.55. The number of hydrogen-bond acceptors (Lipinski definition) is 2. The predicted octanol–water partition coefficient (Wildman–Crippen LogP) is 1.72. The Labute approximate surface area is 98.6 Å². The van der Waals surface area contributed by atoms with Crippen molar-refractivity contribution in [1.82, 2.24) is 4.98 Å². The van der Waals surface area contributed by atoms with Crippen LogP contribution in [-0.4, -0.2) is 10.8 Å². The summed E-state index contributed by atoms with van der Waals surface area (Å²) in [4.78, 5) is 15.7. The zero-order valence-electron chi connectivity index (χ0n) is 9.21. The number of carbonyl (C=O) groups is 1. The molecule has 0 N–H and O–H groups in total. The van der Waals surface area contributed by atoms with E-state index in [4.69, 9.17) is 0 Å². The smallest absolute Gasteiger partial charge is 0.227 e. The van der Waals surface area contributed by atoms with Gasteiger partial charge in [-0.3, -0.25) is 4.79 Å². The van der Waals surface area contributed by atoms with E-state index in [9.17, 15) is 9.18 Å². The summed E-state index contributed by atoms with van der Waals surface area (Å²) in [6.07, 6.45) is 4.69. The number of carbonyl (C=O) groups excluding carboxylic acids is 1. The lowest BCUT2D eigenvalue weighted by molar-refractivity contribution is -0.684. The first-order chi connectivity index (χ1) is 8.29. The van der Waals surface area contributed by atoms with Crippen LogP contribution in [0.1, 0.15) is 16.1 Å². The average molecular weight is 231 g/mol. The van der Waals surface area contributed by atoms with Crippen molar-refractivity contribution >= 4 is 5.78 Å². The summed E-state index contributed by atoms with van der Waals surface area (Å²) in [7, 11) is 0. The van der Waals surface area contributed by atoms with Crippen molar-refractivity contribution in [1.29, 1.82) is 0 Å². The van der Waals surface area contributed by atoms with Crippen molar-refractivity contribution < 1.29 is 13.8 Å². The van der Waals surface area contributed by atoms with Gasteiger partial charge in [-0.25, -0.2) is 9.37 Å². The number of alkyl halides is 1. The summed E-state index contributed by atoms with van der Waals surface area (Å²) in [5.74, 6) is -0.00777. The third kappa shape index (κ3) is 2.93. The van der Waals surface area contributed by atoms with Gasteiger partial charge in [0, 0.05) is 5.56 Å². The molecule has 0 saturated carbocycles. The molecule has 0 fully saturated rings. The zero-order chi connectivity index (χ0) is 12.1. The van der Waals surface area contributed by atoms with E-state index < -0.39 is 6.67 Å². The molecule has 1 aromatic heterocycles. The van der Waals surface area contributed by atoms with Crippen LogP contribution < -0.4 is 4.57 Å². The minimum atomic E-state index is -0.625. The summed E-state index contributed by atoms with van der Waals surface area (Å²) in [6, 6.07) is 9.02. The fraction of sp³-hybridized carbons (Fsp3) is 0.154. The maximum absolute atomic E-state index is 12.4. The van der Waals surface area contributed by atoms with E-state index in [-0.39, 0.29) is 12.3 Å². The summed E-state index contributed by atoms with van der Waals surface area (Å²) in [5.41, 5.74) is 0.979. The number of ketones is 1. The highest BCUT2D eigenvalue weighted by Crippen LogP contribution is 2.00. The molecule has 86 valence electrons. The molecular weight excluding hydrogens is 219 g/mol. The van der Waals surface area contributed by atoms with Crippen LogP contribution in [0, 0.1) is 0 Å². The van der Waals surface area contributed by atoms with E-state index in [1.54, 1.807) is 29.1 Å². The molecule has 0 aliphatic carbocycles. The lowest BCUT2D eigenvalue weighted by atomic mass is 10.1. The minimum absolute atomic E-state index is 0.00777. The molecule has 0 amide bonds. The first kappa shape index (κ1) is 11.4. The van der Waals surface area contributed by atoms with Crippen molar-refractivity contribution in [2.24, 2.45) is 0 Å². The molecule has 2 aromatic rings. The Morgan fingerprint density at radius 1 is 1.29 bits per heavy atom. The van der Waals surface area contributed by atoms with Crippen molar-refractivity contribution in [3.63, 3.8) is 0 Å². The topological polar surface area (TPSA) is 33.8 Å². The van der Waals surface area contributed by atoms with Crippen molar-refractivity contribution in [2.75, 3.05) is 0 Å². The highest BCUT2D eigenvalue weighted by atomic mass is 19.1. The van der Waals surface area contributed by atoms with Crippen molar-refractivity contribution in [3.8, 4) is 0 Å². The first-order valence-electron chi connectivity index (χ1n) is 5.28. The van der Waals surface area contributed by atoms with Crippen LogP contribution in [0.25, 0.3) is 0 Å². The first-order valence-corrected chi connectivity index (χ1v) is 5.28. The van der Waals surface area contributed by atoms with Crippen LogP contribution >= 0.6 is 0 Å². The Balaban J connectivity index is 2.13. The monoisotopic (exact) mass is 231 g/mol. The summed E-state index contributed by atoms with van der Waals surface area (Å²) >= 11 is 0. The van der Waals surface area contributed by atoms with Gasteiger partial charge >= 0.3 is 0 Å². The largest absolute Gasteiger partial charge is 0.287 e. The number of nitrogens with zero attached hydrogens (tertiary/aromatic N) is 2. The van der Waals surface area contributed by atoms with Gasteiger partial charge in [0.15, 0.2) is 12.4 Å². The molecule has 0 radical (unpaired) electrons. The molecule has 1 aromatic carbocycles. The number of Topliss-reactive ketones (excluding diaryl/α,β-unsaturated/α-hetero) is 1. The van der Waals surface area contributed by atoms with Gasteiger partial charge in [-0.15, -0.1) is 0 Å². The van der Waals surface area contributed by atoms with Crippen LogP contribution in [0.4, 0.5) is 4.39 Å². The number of aromatic nitrogens is 2. The van der Waals surface area contributed by atoms with Crippen LogP contribution in [0.15, 0.2) is 48.9 Å². The maximum Gasteiger partial charge on any atom is 0.227 e. The molecule has 2 rings (SSSR count). The molecule has 17 heavy (non-hydrogen) atoms. The van der Waals surface area contributed by atoms with Crippen LogP contribution in [-0.2, 0) is 13.2 Å². The van der Waals surface area contributed by atoms with E-state index in [1.165, 1.54) is 6.20 Å². The molecule has 0 atom stereocenters. The highest BCUT2D eigenvalue weighted by Gasteiger charge is 2.12. The predicted molar refractivity (Wildman–Crippen MR) is 60.0 cm³/mol. The van der Waals surface area contributed by atoms with Crippen LogP contribution in [0.2, 0.25) is 0 Å². The molecule has 3 nitrogen and oxygen atoms in total. The normalized spacial score (nSPS) is 10.2. The van der Waals surface area contributed by atoms with Gasteiger partial charge in [-0.05, 0) is 0 Å². The van der Waals surface area contributed by atoms with Gasteiger partial charge in [-0.1, -0.05) is 30.3 Å². The third-order valence-corrected chi connectivity index (χ3v) is 2.37. The highest BCUT2D eigenvalue weighted by molar-refractivity contribution is 5.94. The molecule has 0 saturated heterocycles. The Bertz CT molecular complexity index is 514.